The fourth-order valence-electron chi connectivity index (χ4n) is 2.96. The molecule has 0 spiro atoms. The standard InChI is InChI=1S/C20H16N6O5S/c21-12-14(18(27)22-19-23-24-20(32-19)25-6-8-30-9-7-25)11-16-4-5-17(31-16)13-2-1-3-15(10-13)26(28)29/h1-5,10-11H,6-9H2,(H,22,23,27)/b14-11-. The van der Waals surface area contributed by atoms with Gasteiger partial charge in [0.25, 0.3) is 11.6 Å². The van der Waals surface area contributed by atoms with Crippen molar-refractivity contribution in [2.45, 2.75) is 0 Å². The maximum absolute atomic E-state index is 12.5. The van der Waals surface area contributed by atoms with Crippen molar-refractivity contribution in [1.82, 2.24) is 10.2 Å². The number of ether oxygens (including phenoxy) is 1. The number of nitrogens with zero attached hydrogens (tertiary/aromatic N) is 5. The van der Waals surface area contributed by atoms with Crippen molar-refractivity contribution < 1.29 is 18.9 Å². The average molecular weight is 452 g/mol. The van der Waals surface area contributed by atoms with Gasteiger partial charge in [0, 0.05) is 36.9 Å². The van der Waals surface area contributed by atoms with Crippen molar-refractivity contribution in [2.24, 2.45) is 0 Å². The SMILES string of the molecule is N#C/C(=C/c1ccc(-c2cccc([N+](=O)[O-])c2)o1)C(=O)Nc1nnc(N2CCOCC2)s1. The zero-order valence-corrected chi connectivity index (χ0v) is 17.4. The van der Waals surface area contributed by atoms with Gasteiger partial charge in [-0.1, -0.05) is 23.5 Å². The Morgan fingerprint density at radius 2 is 2.09 bits per heavy atom. The first-order chi connectivity index (χ1) is 15.5. The van der Waals surface area contributed by atoms with Crippen molar-refractivity contribution in [3.05, 3.63) is 57.8 Å². The Labute approximate surface area is 185 Å². The molecule has 2 aromatic heterocycles. The molecule has 0 radical (unpaired) electrons. The Morgan fingerprint density at radius 1 is 1.28 bits per heavy atom. The number of carbonyl (C=O) groups is 1. The van der Waals surface area contributed by atoms with Crippen molar-refractivity contribution in [3.8, 4) is 17.4 Å². The lowest BCUT2D eigenvalue weighted by molar-refractivity contribution is -0.384. The zero-order chi connectivity index (χ0) is 22.5. The van der Waals surface area contributed by atoms with Crippen molar-refractivity contribution in [2.75, 3.05) is 36.5 Å². The number of furan rings is 1. The number of benzene rings is 1. The molecule has 1 amide bonds. The van der Waals surface area contributed by atoms with E-state index in [2.05, 4.69) is 15.5 Å². The molecule has 0 unspecified atom stereocenters. The van der Waals surface area contributed by atoms with Gasteiger partial charge in [0.1, 0.15) is 23.2 Å². The van der Waals surface area contributed by atoms with Gasteiger partial charge in [0.05, 0.1) is 18.1 Å². The molecule has 32 heavy (non-hydrogen) atoms. The Bertz CT molecular complexity index is 1220. The van der Waals surface area contributed by atoms with Crippen LogP contribution in [0.15, 0.2) is 46.4 Å². The molecule has 3 aromatic rings. The number of nitrogens with one attached hydrogen (secondary N) is 1. The molecular formula is C20H16N6O5S. The van der Waals surface area contributed by atoms with Gasteiger partial charge >= 0.3 is 0 Å². The van der Waals surface area contributed by atoms with Gasteiger partial charge in [-0.25, -0.2) is 0 Å². The third kappa shape index (κ3) is 4.80. The summed E-state index contributed by atoms with van der Waals surface area (Å²) in [5.41, 5.74) is 0.251. The normalized spacial score (nSPS) is 14.1. The predicted octanol–water partition coefficient (Wildman–Crippen LogP) is 3.09. The first-order valence-corrected chi connectivity index (χ1v) is 10.3. The highest BCUT2D eigenvalue weighted by molar-refractivity contribution is 7.19. The van der Waals surface area contributed by atoms with Gasteiger partial charge in [-0.15, -0.1) is 10.2 Å². The highest BCUT2D eigenvalue weighted by Gasteiger charge is 2.18. The van der Waals surface area contributed by atoms with E-state index in [0.717, 1.165) is 0 Å². The maximum atomic E-state index is 12.5. The second kappa shape index (κ2) is 9.38. The predicted molar refractivity (Wildman–Crippen MR) is 116 cm³/mol. The quantitative estimate of drug-likeness (QED) is 0.258. The van der Waals surface area contributed by atoms with Crippen LogP contribution >= 0.6 is 11.3 Å². The number of carbonyl (C=O) groups excluding carboxylic acids is 1. The number of aromatic nitrogens is 2. The first-order valence-electron chi connectivity index (χ1n) is 9.47. The van der Waals surface area contributed by atoms with Gasteiger partial charge in [-0.2, -0.15) is 5.26 Å². The summed E-state index contributed by atoms with van der Waals surface area (Å²) in [6.45, 7) is 2.59. The fraction of sp³-hybridized carbons (Fsp3) is 0.200. The lowest BCUT2D eigenvalue weighted by Gasteiger charge is -2.25. The summed E-state index contributed by atoms with van der Waals surface area (Å²) in [4.78, 5) is 25.0. The molecule has 0 bridgehead atoms. The van der Waals surface area contributed by atoms with Crippen LogP contribution in [0, 0.1) is 21.4 Å². The molecule has 1 aliphatic rings. The Hall–Kier alpha value is -4.08. The largest absolute Gasteiger partial charge is 0.457 e. The minimum Gasteiger partial charge on any atom is -0.457 e. The highest BCUT2D eigenvalue weighted by Crippen LogP contribution is 2.27. The molecular weight excluding hydrogens is 436 g/mol. The molecule has 0 aliphatic carbocycles. The molecule has 0 atom stereocenters. The van der Waals surface area contributed by atoms with Crippen LogP contribution < -0.4 is 10.2 Å². The van der Waals surface area contributed by atoms with Crippen LogP contribution in [-0.2, 0) is 9.53 Å². The topological polar surface area (TPSA) is 147 Å². The van der Waals surface area contributed by atoms with Gasteiger partial charge in [0.15, 0.2) is 0 Å². The number of morpholine rings is 1. The first kappa shape index (κ1) is 21.2. The molecule has 1 fully saturated rings. The monoisotopic (exact) mass is 452 g/mol. The lowest BCUT2D eigenvalue weighted by Crippen LogP contribution is -2.36. The maximum Gasteiger partial charge on any atom is 0.270 e. The molecule has 1 aliphatic heterocycles. The third-order valence-electron chi connectivity index (χ3n) is 4.54. The number of amides is 1. The van der Waals surface area contributed by atoms with E-state index in [1.165, 1.54) is 29.5 Å². The number of hydrogen-bond acceptors (Lipinski definition) is 10. The Balaban J connectivity index is 1.47. The molecule has 4 rings (SSSR count). The molecule has 12 heteroatoms. The van der Waals surface area contributed by atoms with Crippen molar-refractivity contribution >= 4 is 39.3 Å². The van der Waals surface area contributed by atoms with E-state index in [9.17, 15) is 20.2 Å². The summed E-state index contributed by atoms with van der Waals surface area (Å²) < 4.78 is 11.0. The summed E-state index contributed by atoms with van der Waals surface area (Å²) in [6, 6.07) is 11.0. The second-order valence-electron chi connectivity index (χ2n) is 6.62. The molecule has 1 aromatic carbocycles. The number of anilines is 2. The average Bonchev–Trinajstić information content (AvgIpc) is 3.48. The molecule has 1 saturated heterocycles. The summed E-state index contributed by atoms with van der Waals surface area (Å²) in [5, 5.41) is 31.9. The molecule has 11 nitrogen and oxygen atoms in total. The van der Waals surface area contributed by atoms with Crippen LogP contribution in [-0.4, -0.2) is 47.3 Å². The van der Waals surface area contributed by atoms with Crippen LogP contribution in [0.5, 0.6) is 0 Å². The van der Waals surface area contributed by atoms with Crippen molar-refractivity contribution in [1.29, 1.82) is 5.26 Å². The van der Waals surface area contributed by atoms with E-state index in [-0.39, 0.29) is 22.2 Å². The van der Waals surface area contributed by atoms with Gasteiger partial charge < -0.3 is 14.1 Å². The highest BCUT2D eigenvalue weighted by atomic mass is 32.1. The zero-order valence-electron chi connectivity index (χ0n) is 16.6. The Kier molecular flexibility index (Phi) is 6.20. The summed E-state index contributed by atoms with van der Waals surface area (Å²) >= 11 is 1.21. The van der Waals surface area contributed by atoms with Gasteiger partial charge in [-0.3, -0.25) is 20.2 Å². The van der Waals surface area contributed by atoms with Crippen LogP contribution in [0.1, 0.15) is 5.76 Å². The number of rotatable bonds is 6. The number of non-ortho nitro benzene ring substituents is 1. The molecule has 162 valence electrons. The minimum atomic E-state index is -0.648. The van der Waals surface area contributed by atoms with Crippen LogP contribution in [0.3, 0.4) is 0 Å². The van der Waals surface area contributed by atoms with E-state index in [1.807, 2.05) is 11.0 Å². The van der Waals surface area contributed by atoms with E-state index in [4.69, 9.17) is 9.15 Å². The number of nitro groups is 1. The fourth-order valence-corrected chi connectivity index (χ4v) is 3.75. The van der Waals surface area contributed by atoms with E-state index >= 15 is 0 Å². The van der Waals surface area contributed by atoms with E-state index < -0.39 is 10.8 Å². The van der Waals surface area contributed by atoms with Crippen LogP contribution in [0.4, 0.5) is 16.0 Å². The number of nitriles is 1. The third-order valence-corrected chi connectivity index (χ3v) is 5.44. The smallest absolute Gasteiger partial charge is 0.270 e. The second-order valence-corrected chi connectivity index (χ2v) is 7.58. The van der Waals surface area contributed by atoms with Gasteiger partial charge in [0.2, 0.25) is 10.3 Å². The summed E-state index contributed by atoms with van der Waals surface area (Å²) in [6.07, 6.45) is 1.29. The summed E-state index contributed by atoms with van der Waals surface area (Å²) in [5.74, 6) is -0.0214. The van der Waals surface area contributed by atoms with Crippen molar-refractivity contribution in [3.63, 3.8) is 0 Å². The van der Waals surface area contributed by atoms with Crippen LogP contribution in [0.25, 0.3) is 17.4 Å². The number of nitro benzene ring substituents is 1. The van der Waals surface area contributed by atoms with Gasteiger partial charge in [-0.05, 0) is 12.1 Å². The number of hydrogen-bond donors (Lipinski definition) is 1. The van der Waals surface area contributed by atoms with E-state index in [0.29, 0.717) is 42.8 Å². The van der Waals surface area contributed by atoms with Crippen LogP contribution in [0.2, 0.25) is 0 Å². The van der Waals surface area contributed by atoms with E-state index in [1.54, 1.807) is 24.3 Å². The lowest BCUT2D eigenvalue weighted by atomic mass is 10.1. The Morgan fingerprint density at radius 3 is 2.84 bits per heavy atom. The summed E-state index contributed by atoms with van der Waals surface area (Å²) in [7, 11) is 0. The molecule has 1 N–H and O–H groups in total. The molecule has 3 heterocycles. The minimum absolute atomic E-state index is 0.0680. The molecule has 0 saturated carbocycles.